The van der Waals surface area contributed by atoms with Gasteiger partial charge in [-0.05, 0) is 57.2 Å². The Morgan fingerprint density at radius 2 is 1.90 bits per heavy atom. The fourth-order valence-electron chi connectivity index (χ4n) is 2.89. The van der Waals surface area contributed by atoms with E-state index in [1.165, 1.54) is 36.8 Å². The summed E-state index contributed by atoms with van der Waals surface area (Å²) in [6.07, 6.45) is 5.47. The second kappa shape index (κ2) is 7.44. The molecule has 3 heteroatoms. The van der Waals surface area contributed by atoms with Crippen LogP contribution in [-0.4, -0.2) is 30.4 Å². The van der Waals surface area contributed by atoms with Crippen molar-refractivity contribution < 1.29 is 4.79 Å². The van der Waals surface area contributed by atoms with Crippen LogP contribution >= 0.6 is 0 Å². The highest BCUT2D eigenvalue weighted by atomic mass is 16.1. The van der Waals surface area contributed by atoms with Crippen LogP contribution in [-0.2, 0) is 11.2 Å². The maximum absolute atomic E-state index is 10.8. The lowest BCUT2D eigenvalue weighted by molar-refractivity contribution is -0.118. The molecule has 0 radical (unpaired) electrons. The number of carbonyl (C=O) groups is 1. The number of carbonyl (C=O) groups excluding carboxylic acids is 1. The molecule has 0 saturated carbocycles. The monoisotopic (exact) mass is 274 g/mol. The Labute approximate surface area is 122 Å². The highest BCUT2D eigenvalue weighted by molar-refractivity contribution is 5.73. The molecule has 1 aromatic carbocycles. The second-order valence-corrected chi connectivity index (χ2v) is 6.03. The first-order valence-corrected chi connectivity index (χ1v) is 7.69. The molecule has 2 rings (SSSR count). The van der Waals surface area contributed by atoms with Crippen molar-refractivity contribution in [1.82, 2.24) is 4.90 Å². The molecule has 1 heterocycles. The van der Waals surface area contributed by atoms with Crippen LogP contribution in [0.25, 0.3) is 0 Å². The van der Waals surface area contributed by atoms with E-state index in [1.54, 1.807) is 0 Å². The standard InChI is InChI=1S/C17H26N2O/c1-14-2-4-15(5-3-14)6-7-16-8-11-19(12-9-16)13-10-17(18)20/h2-5,16H,6-13H2,1H3,(H2,18,20). The SMILES string of the molecule is Cc1ccc(CCC2CCN(CCC(N)=O)CC2)cc1. The van der Waals surface area contributed by atoms with Gasteiger partial charge < -0.3 is 10.6 Å². The molecule has 1 saturated heterocycles. The lowest BCUT2D eigenvalue weighted by Gasteiger charge is -2.31. The molecule has 1 aromatic rings. The molecule has 3 nitrogen and oxygen atoms in total. The van der Waals surface area contributed by atoms with Gasteiger partial charge in [0, 0.05) is 13.0 Å². The zero-order chi connectivity index (χ0) is 14.4. The molecule has 0 spiro atoms. The topological polar surface area (TPSA) is 46.3 Å². The fraction of sp³-hybridized carbons (Fsp3) is 0.588. The number of primary amides is 1. The molecule has 0 bridgehead atoms. The van der Waals surface area contributed by atoms with Crippen LogP contribution in [0.3, 0.4) is 0 Å². The highest BCUT2D eigenvalue weighted by Crippen LogP contribution is 2.22. The number of piperidine rings is 1. The third-order valence-electron chi connectivity index (χ3n) is 4.34. The zero-order valence-electron chi connectivity index (χ0n) is 12.5. The van der Waals surface area contributed by atoms with E-state index in [-0.39, 0.29) is 5.91 Å². The third-order valence-corrected chi connectivity index (χ3v) is 4.34. The number of nitrogens with two attached hydrogens (primary N) is 1. The van der Waals surface area contributed by atoms with E-state index in [1.807, 2.05) is 0 Å². The minimum atomic E-state index is -0.188. The summed E-state index contributed by atoms with van der Waals surface area (Å²) >= 11 is 0. The Balaban J connectivity index is 1.66. The van der Waals surface area contributed by atoms with Crippen molar-refractivity contribution in [2.75, 3.05) is 19.6 Å². The summed E-state index contributed by atoms with van der Waals surface area (Å²) in [5, 5.41) is 0. The number of hydrogen-bond acceptors (Lipinski definition) is 2. The van der Waals surface area contributed by atoms with Gasteiger partial charge in [-0.2, -0.15) is 0 Å². The van der Waals surface area contributed by atoms with Gasteiger partial charge in [-0.25, -0.2) is 0 Å². The summed E-state index contributed by atoms with van der Waals surface area (Å²) in [5.41, 5.74) is 7.97. The summed E-state index contributed by atoms with van der Waals surface area (Å²) < 4.78 is 0. The maximum atomic E-state index is 10.8. The molecule has 1 aliphatic heterocycles. The van der Waals surface area contributed by atoms with Gasteiger partial charge in [-0.3, -0.25) is 4.79 Å². The van der Waals surface area contributed by atoms with Crippen LogP contribution in [0.1, 0.15) is 36.8 Å². The van der Waals surface area contributed by atoms with Crippen LogP contribution in [0.4, 0.5) is 0 Å². The van der Waals surface area contributed by atoms with Gasteiger partial charge in [0.15, 0.2) is 0 Å². The quantitative estimate of drug-likeness (QED) is 0.866. The van der Waals surface area contributed by atoms with Crippen LogP contribution in [0, 0.1) is 12.8 Å². The van der Waals surface area contributed by atoms with Gasteiger partial charge >= 0.3 is 0 Å². The van der Waals surface area contributed by atoms with E-state index in [9.17, 15) is 4.79 Å². The van der Waals surface area contributed by atoms with Gasteiger partial charge in [0.2, 0.25) is 5.91 Å². The summed E-state index contributed by atoms with van der Waals surface area (Å²) in [7, 11) is 0. The number of hydrogen-bond donors (Lipinski definition) is 1. The lowest BCUT2D eigenvalue weighted by atomic mass is 9.90. The molecule has 0 aromatic heterocycles. The van der Waals surface area contributed by atoms with Crippen molar-refractivity contribution in [2.24, 2.45) is 11.7 Å². The van der Waals surface area contributed by atoms with Crippen molar-refractivity contribution in [1.29, 1.82) is 0 Å². The molecule has 1 amide bonds. The normalized spacial score (nSPS) is 17.2. The molecule has 1 fully saturated rings. The van der Waals surface area contributed by atoms with Crippen LogP contribution < -0.4 is 5.73 Å². The van der Waals surface area contributed by atoms with E-state index >= 15 is 0 Å². The summed E-state index contributed by atoms with van der Waals surface area (Å²) in [6, 6.07) is 8.89. The number of likely N-dealkylation sites (tertiary alicyclic amines) is 1. The summed E-state index contributed by atoms with van der Waals surface area (Å²) in [5.74, 6) is 0.646. The van der Waals surface area contributed by atoms with E-state index < -0.39 is 0 Å². The van der Waals surface area contributed by atoms with E-state index in [4.69, 9.17) is 5.73 Å². The smallest absolute Gasteiger partial charge is 0.218 e. The molecule has 110 valence electrons. The fourth-order valence-corrected chi connectivity index (χ4v) is 2.89. The Morgan fingerprint density at radius 3 is 2.50 bits per heavy atom. The summed E-state index contributed by atoms with van der Waals surface area (Å²) in [6.45, 7) is 5.20. The molecule has 0 atom stereocenters. The minimum Gasteiger partial charge on any atom is -0.370 e. The van der Waals surface area contributed by atoms with E-state index in [2.05, 4.69) is 36.1 Å². The van der Waals surface area contributed by atoms with E-state index in [0.717, 1.165) is 25.6 Å². The number of rotatable bonds is 6. The van der Waals surface area contributed by atoms with Crippen LogP contribution in [0.2, 0.25) is 0 Å². The van der Waals surface area contributed by atoms with Crippen molar-refractivity contribution >= 4 is 5.91 Å². The number of amides is 1. The Kier molecular flexibility index (Phi) is 5.60. The first-order valence-electron chi connectivity index (χ1n) is 7.69. The maximum Gasteiger partial charge on any atom is 0.218 e. The largest absolute Gasteiger partial charge is 0.370 e. The van der Waals surface area contributed by atoms with Crippen molar-refractivity contribution in [3.63, 3.8) is 0 Å². The predicted octanol–water partition coefficient (Wildman–Crippen LogP) is 2.52. The molecule has 20 heavy (non-hydrogen) atoms. The average molecular weight is 274 g/mol. The molecule has 0 aliphatic carbocycles. The van der Waals surface area contributed by atoms with Crippen molar-refractivity contribution in [3.8, 4) is 0 Å². The molecule has 1 aliphatic rings. The second-order valence-electron chi connectivity index (χ2n) is 6.03. The van der Waals surface area contributed by atoms with Gasteiger partial charge in [0.1, 0.15) is 0 Å². The number of aryl methyl sites for hydroxylation is 2. The third kappa shape index (κ3) is 4.97. The Hall–Kier alpha value is -1.35. The average Bonchev–Trinajstić information content (AvgIpc) is 2.45. The Morgan fingerprint density at radius 1 is 1.25 bits per heavy atom. The van der Waals surface area contributed by atoms with Crippen molar-refractivity contribution in [2.45, 2.75) is 39.0 Å². The number of benzene rings is 1. The van der Waals surface area contributed by atoms with Crippen molar-refractivity contribution in [3.05, 3.63) is 35.4 Å². The van der Waals surface area contributed by atoms with Gasteiger partial charge in [-0.1, -0.05) is 29.8 Å². The van der Waals surface area contributed by atoms with Crippen LogP contribution in [0.15, 0.2) is 24.3 Å². The zero-order valence-corrected chi connectivity index (χ0v) is 12.5. The minimum absolute atomic E-state index is 0.188. The first kappa shape index (κ1) is 15.0. The first-order chi connectivity index (χ1) is 9.63. The van der Waals surface area contributed by atoms with Gasteiger partial charge in [-0.15, -0.1) is 0 Å². The molecule has 0 unspecified atom stereocenters. The predicted molar refractivity (Wildman–Crippen MR) is 82.5 cm³/mol. The molecular weight excluding hydrogens is 248 g/mol. The van der Waals surface area contributed by atoms with Crippen LogP contribution in [0.5, 0.6) is 0 Å². The highest BCUT2D eigenvalue weighted by Gasteiger charge is 2.18. The molecule has 2 N–H and O–H groups in total. The van der Waals surface area contributed by atoms with Gasteiger partial charge in [0.05, 0.1) is 0 Å². The molecular formula is C17H26N2O. The lowest BCUT2D eigenvalue weighted by Crippen LogP contribution is -2.36. The number of nitrogens with zero attached hydrogens (tertiary/aromatic N) is 1. The summed E-state index contributed by atoms with van der Waals surface area (Å²) in [4.78, 5) is 13.2. The Bertz CT molecular complexity index is 419. The van der Waals surface area contributed by atoms with E-state index in [0.29, 0.717) is 6.42 Å². The van der Waals surface area contributed by atoms with Gasteiger partial charge in [0.25, 0.3) is 0 Å².